The summed E-state index contributed by atoms with van der Waals surface area (Å²) in [6.07, 6.45) is 3.87. The van der Waals surface area contributed by atoms with E-state index in [1.165, 1.54) is 0 Å². The van der Waals surface area contributed by atoms with E-state index >= 15 is 0 Å². The molecule has 18 heavy (non-hydrogen) atoms. The number of hydrogen-bond acceptors (Lipinski definition) is 4. The first kappa shape index (κ1) is 14.0. The molecule has 1 unspecified atom stereocenters. The molecule has 3 N–H and O–H groups in total. The van der Waals surface area contributed by atoms with Gasteiger partial charge in [-0.3, -0.25) is 9.78 Å². The second-order valence-electron chi connectivity index (χ2n) is 4.04. The zero-order valence-electron chi connectivity index (χ0n) is 10.6. The van der Waals surface area contributed by atoms with E-state index in [1.807, 2.05) is 19.1 Å². The number of carbonyl (C=O) groups excluding carboxylic acids is 1. The molecular weight excluding hydrogens is 232 g/mol. The van der Waals surface area contributed by atoms with Gasteiger partial charge in [-0.2, -0.15) is 0 Å². The van der Waals surface area contributed by atoms with Crippen LogP contribution in [0.3, 0.4) is 0 Å². The third-order valence-electron chi connectivity index (χ3n) is 2.70. The number of amidine groups is 1. The van der Waals surface area contributed by atoms with Crippen molar-refractivity contribution < 1.29 is 10.0 Å². The maximum atomic E-state index is 12.1. The molecule has 0 saturated heterocycles. The summed E-state index contributed by atoms with van der Waals surface area (Å²) in [6, 6.07) is 3.70. The van der Waals surface area contributed by atoms with Crippen LogP contribution in [0.15, 0.2) is 29.7 Å². The van der Waals surface area contributed by atoms with Crippen molar-refractivity contribution in [3.63, 3.8) is 0 Å². The van der Waals surface area contributed by atoms with E-state index in [2.05, 4.69) is 10.1 Å². The third kappa shape index (κ3) is 3.44. The highest BCUT2D eigenvalue weighted by Gasteiger charge is 2.24. The lowest BCUT2D eigenvalue weighted by atomic mass is 10.0. The first-order chi connectivity index (χ1) is 8.60. The van der Waals surface area contributed by atoms with E-state index in [0.717, 1.165) is 5.56 Å². The Morgan fingerprint density at radius 1 is 1.67 bits per heavy atom. The molecule has 0 radical (unpaired) electrons. The normalized spacial score (nSPS) is 13.1. The van der Waals surface area contributed by atoms with Gasteiger partial charge in [0.25, 0.3) is 0 Å². The fourth-order valence-electron chi connectivity index (χ4n) is 1.69. The van der Waals surface area contributed by atoms with Gasteiger partial charge in [0.15, 0.2) is 5.84 Å². The monoisotopic (exact) mass is 250 g/mol. The molecule has 1 amide bonds. The number of rotatable bonds is 5. The molecule has 0 aliphatic rings. The first-order valence-electron chi connectivity index (χ1n) is 5.71. The maximum absolute atomic E-state index is 12.1. The molecule has 0 saturated carbocycles. The Morgan fingerprint density at radius 2 is 2.39 bits per heavy atom. The van der Waals surface area contributed by atoms with Crippen molar-refractivity contribution in [1.29, 1.82) is 0 Å². The van der Waals surface area contributed by atoms with Crippen LogP contribution < -0.4 is 5.73 Å². The van der Waals surface area contributed by atoms with Crippen molar-refractivity contribution in [3.05, 3.63) is 30.1 Å². The summed E-state index contributed by atoms with van der Waals surface area (Å²) < 4.78 is 0. The smallest absolute Gasteiger partial charge is 0.233 e. The number of aromatic nitrogens is 1. The van der Waals surface area contributed by atoms with Gasteiger partial charge in [-0.1, -0.05) is 18.1 Å². The lowest BCUT2D eigenvalue weighted by Gasteiger charge is -2.22. The van der Waals surface area contributed by atoms with Crippen LogP contribution in [-0.2, 0) is 11.3 Å². The summed E-state index contributed by atoms with van der Waals surface area (Å²) in [6.45, 7) is 2.26. The fourth-order valence-corrected chi connectivity index (χ4v) is 1.69. The Balaban J connectivity index is 2.71. The maximum Gasteiger partial charge on any atom is 0.233 e. The molecule has 6 heteroatoms. The Hall–Kier alpha value is -2.11. The molecule has 98 valence electrons. The van der Waals surface area contributed by atoms with Crippen molar-refractivity contribution in [1.82, 2.24) is 9.88 Å². The first-order valence-corrected chi connectivity index (χ1v) is 5.71. The van der Waals surface area contributed by atoms with Crippen LogP contribution in [0.25, 0.3) is 0 Å². The van der Waals surface area contributed by atoms with Crippen molar-refractivity contribution in [2.75, 3.05) is 7.05 Å². The van der Waals surface area contributed by atoms with Crippen molar-refractivity contribution in [3.8, 4) is 0 Å². The summed E-state index contributed by atoms with van der Waals surface area (Å²) >= 11 is 0. The quantitative estimate of drug-likeness (QED) is 0.350. The largest absolute Gasteiger partial charge is 0.409 e. The van der Waals surface area contributed by atoms with Crippen molar-refractivity contribution >= 4 is 11.7 Å². The Labute approximate surface area is 106 Å². The molecule has 0 aliphatic heterocycles. The second kappa shape index (κ2) is 6.58. The number of pyridine rings is 1. The van der Waals surface area contributed by atoms with Gasteiger partial charge < -0.3 is 15.8 Å². The van der Waals surface area contributed by atoms with Crippen LogP contribution in [0, 0.1) is 5.92 Å². The Bertz CT molecular complexity index is 419. The molecule has 1 atom stereocenters. The molecule has 0 aliphatic carbocycles. The standard InChI is InChI=1S/C12H18N4O2/c1-3-10(11(13)15-18)12(17)16(2)8-9-5-4-6-14-7-9/h4-7,10,18H,3,8H2,1-2H3,(H2,13,15). The average molecular weight is 250 g/mol. The predicted molar refractivity (Wildman–Crippen MR) is 67.9 cm³/mol. The highest BCUT2D eigenvalue weighted by atomic mass is 16.4. The van der Waals surface area contributed by atoms with Crippen LogP contribution in [0.4, 0.5) is 0 Å². The highest BCUT2D eigenvalue weighted by Crippen LogP contribution is 2.10. The Morgan fingerprint density at radius 3 is 2.89 bits per heavy atom. The van der Waals surface area contributed by atoms with Gasteiger partial charge in [0.1, 0.15) is 0 Å². The molecule has 6 nitrogen and oxygen atoms in total. The van der Waals surface area contributed by atoms with Crippen molar-refractivity contribution in [2.24, 2.45) is 16.8 Å². The molecule has 0 fully saturated rings. The minimum atomic E-state index is -0.586. The minimum absolute atomic E-state index is 0.0551. The fraction of sp³-hybridized carbons (Fsp3) is 0.417. The number of hydrogen-bond donors (Lipinski definition) is 2. The summed E-state index contributed by atoms with van der Waals surface area (Å²) in [5.41, 5.74) is 6.43. The number of nitrogens with two attached hydrogens (primary N) is 1. The van der Waals surface area contributed by atoms with Gasteiger partial charge in [0.2, 0.25) is 5.91 Å². The number of nitrogens with zero attached hydrogens (tertiary/aromatic N) is 3. The molecule has 1 aromatic heterocycles. The predicted octanol–water partition coefficient (Wildman–Crippen LogP) is 0.813. The number of amides is 1. The Kier molecular flexibility index (Phi) is 5.10. The van der Waals surface area contributed by atoms with Crippen LogP contribution in [-0.4, -0.2) is 33.9 Å². The van der Waals surface area contributed by atoms with Crippen LogP contribution >= 0.6 is 0 Å². The second-order valence-corrected chi connectivity index (χ2v) is 4.04. The zero-order valence-corrected chi connectivity index (χ0v) is 10.6. The van der Waals surface area contributed by atoms with E-state index < -0.39 is 5.92 Å². The van der Waals surface area contributed by atoms with E-state index in [9.17, 15) is 4.79 Å². The third-order valence-corrected chi connectivity index (χ3v) is 2.70. The topological polar surface area (TPSA) is 91.8 Å². The zero-order chi connectivity index (χ0) is 13.5. The van der Waals surface area contributed by atoms with Gasteiger partial charge in [-0.15, -0.1) is 0 Å². The van der Waals surface area contributed by atoms with E-state index in [1.54, 1.807) is 24.3 Å². The van der Waals surface area contributed by atoms with Crippen LogP contribution in [0.1, 0.15) is 18.9 Å². The summed E-state index contributed by atoms with van der Waals surface area (Å²) in [4.78, 5) is 17.6. The van der Waals surface area contributed by atoms with Gasteiger partial charge >= 0.3 is 0 Å². The van der Waals surface area contributed by atoms with E-state index in [0.29, 0.717) is 13.0 Å². The molecule has 0 bridgehead atoms. The van der Waals surface area contributed by atoms with E-state index in [4.69, 9.17) is 10.9 Å². The van der Waals surface area contributed by atoms with Gasteiger partial charge in [0, 0.05) is 26.0 Å². The van der Waals surface area contributed by atoms with Gasteiger partial charge in [0.05, 0.1) is 5.92 Å². The summed E-state index contributed by atoms with van der Waals surface area (Å²) in [5.74, 6) is -0.811. The highest BCUT2D eigenvalue weighted by molar-refractivity contribution is 6.01. The van der Waals surface area contributed by atoms with Crippen LogP contribution in [0.5, 0.6) is 0 Å². The van der Waals surface area contributed by atoms with E-state index in [-0.39, 0.29) is 11.7 Å². The molecule has 0 aromatic carbocycles. The number of carbonyl (C=O) groups is 1. The van der Waals surface area contributed by atoms with Gasteiger partial charge in [-0.05, 0) is 18.1 Å². The molecular formula is C12H18N4O2. The van der Waals surface area contributed by atoms with Gasteiger partial charge in [-0.25, -0.2) is 0 Å². The summed E-state index contributed by atoms with van der Waals surface area (Å²) in [7, 11) is 1.68. The minimum Gasteiger partial charge on any atom is -0.409 e. The molecule has 1 heterocycles. The average Bonchev–Trinajstić information content (AvgIpc) is 2.40. The number of oxime groups is 1. The SMILES string of the molecule is CCC(C(=O)N(C)Cc1cccnc1)C(N)=NO. The summed E-state index contributed by atoms with van der Waals surface area (Å²) in [5, 5.41) is 11.5. The van der Waals surface area contributed by atoms with Crippen LogP contribution in [0.2, 0.25) is 0 Å². The lowest BCUT2D eigenvalue weighted by Crippen LogP contribution is -2.39. The lowest BCUT2D eigenvalue weighted by molar-refractivity contribution is -0.132. The van der Waals surface area contributed by atoms with Crippen molar-refractivity contribution in [2.45, 2.75) is 19.9 Å². The molecule has 1 rings (SSSR count). The molecule has 0 spiro atoms. The molecule has 1 aromatic rings.